The van der Waals surface area contributed by atoms with Crippen LogP contribution >= 0.6 is 22.6 Å². The molecular weight excluding hydrogens is 565 g/mol. The van der Waals surface area contributed by atoms with E-state index in [0.717, 1.165) is 26.2 Å². The number of alkyl halides is 3. The molecule has 166 valence electrons. The Hall–Kier alpha value is -2.69. The van der Waals surface area contributed by atoms with Crippen LogP contribution in [0.2, 0.25) is 0 Å². The van der Waals surface area contributed by atoms with Crippen LogP contribution < -0.4 is 21.0 Å². The molecule has 0 fully saturated rings. The van der Waals surface area contributed by atoms with Crippen LogP contribution in [0.4, 0.5) is 17.6 Å². The largest absolute Gasteiger partial charge is 0.534 e. The molecule has 0 unspecified atom stereocenters. The number of halogens is 5. The SMILES string of the molecule is Cn1c(=O)c2c(OS(=O)(=O)C(F)(F)F)cc(=O)n(C)c2n(-c2ccc(I)cc2F)c1=O. The van der Waals surface area contributed by atoms with Gasteiger partial charge in [-0.3, -0.25) is 18.7 Å². The van der Waals surface area contributed by atoms with Gasteiger partial charge < -0.3 is 4.18 Å². The van der Waals surface area contributed by atoms with E-state index in [0.29, 0.717) is 23.3 Å². The lowest BCUT2D eigenvalue weighted by atomic mass is 10.2. The van der Waals surface area contributed by atoms with Gasteiger partial charge in [0.05, 0.1) is 5.69 Å². The topological polar surface area (TPSA) is 109 Å². The Bertz CT molecular complexity index is 1520. The van der Waals surface area contributed by atoms with Crippen molar-refractivity contribution < 1.29 is 30.2 Å². The minimum Gasteiger partial charge on any atom is -0.375 e. The molecule has 0 spiro atoms. The number of fused-ring (bicyclic) bond motifs is 1. The Morgan fingerprint density at radius 3 is 2.19 bits per heavy atom. The molecule has 3 rings (SSSR count). The first-order valence-corrected chi connectivity index (χ1v) is 10.5. The summed E-state index contributed by atoms with van der Waals surface area (Å²) in [6, 6.07) is 3.93. The third kappa shape index (κ3) is 3.75. The maximum Gasteiger partial charge on any atom is 0.534 e. The van der Waals surface area contributed by atoms with Crippen molar-refractivity contribution in [3.05, 3.63) is 64.8 Å². The number of aromatic nitrogens is 3. The first-order chi connectivity index (χ1) is 14.2. The molecule has 31 heavy (non-hydrogen) atoms. The van der Waals surface area contributed by atoms with E-state index in [9.17, 15) is 40.4 Å². The highest BCUT2D eigenvalue weighted by atomic mass is 127. The first kappa shape index (κ1) is 23.0. The van der Waals surface area contributed by atoms with Crippen LogP contribution in [0.5, 0.6) is 5.75 Å². The number of hydrogen-bond acceptors (Lipinski definition) is 6. The molecule has 1 aromatic carbocycles. The van der Waals surface area contributed by atoms with E-state index in [1.807, 2.05) is 0 Å². The van der Waals surface area contributed by atoms with E-state index in [1.54, 1.807) is 22.6 Å². The molecule has 0 amide bonds. The molecule has 3 aromatic rings. The van der Waals surface area contributed by atoms with Crippen molar-refractivity contribution in [2.45, 2.75) is 5.51 Å². The highest BCUT2D eigenvalue weighted by Gasteiger charge is 2.49. The van der Waals surface area contributed by atoms with E-state index in [4.69, 9.17) is 0 Å². The molecule has 9 nitrogen and oxygen atoms in total. The maximum absolute atomic E-state index is 14.6. The molecule has 0 saturated carbocycles. The summed E-state index contributed by atoms with van der Waals surface area (Å²) in [6.07, 6.45) is 0. The molecule has 0 radical (unpaired) electrons. The summed E-state index contributed by atoms with van der Waals surface area (Å²) in [5.41, 5.74) is -10.5. The summed E-state index contributed by atoms with van der Waals surface area (Å²) >= 11 is 1.79. The second kappa shape index (κ2) is 7.47. The normalized spacial score (nSPS) is 12.4. The summed E-state index contributed by atoms with van der Waals surface area (Å²) in [6.45, 7) is 0. The molecule has 2 aromatic heterocycles. The Balaban J connectivity index is 2.58. The first-order valence-electron chi connectivity index (χ1n) is 7.99. The second-order valence-corrected chi connectivity index (χ2v) is 8.95. The van der Waals surface area contributed by atoms with E-state index >= 15 is 0 Å². The highest BCUT2D eigenvalue weighted by Crippen LogP contribution is 2.30. The van der Waals surface area contributed by atoms with Crippen LogP contribution in [0, 0.1) is 9.39 Å². The van der Waals surface area contributed by atoms with Gasteiger partial charge in [0, 0.05) is 23.7 Å². The highest BCUT2D eigenvalue weighted by molar-refractivity contribution is 14.1. The Kier molecular flexibility index (Phi) is 5.54. The molecule has 0 aliphatic rings. The van der Waals surface area contributed by atoms with Crippen molar-refractivity contribution in [2.75, 3.05) is 0 Å². The van der Waals surface area contributed by atoms with Crippen LogP contribution in [0.15, 0.2) is 38.6 Å². The lowest BCUT2D eigenvalue weighted by molar-refractivity contribution is -0.0499. The quantitative estimate of drug-likeness (QED) is 0.202. The van der Waals surface area contributed by atoms with Gasteiger partial charge in [0.25, 0.3) is 11.1 Å². The van der Waals surface area contributed by atoms with Crippen LogP contribution in [0.1, 0.15) is 0 Å². The number of benzene rings is 1. The van der Waals surface area contributed by atoms with E-state index in [1.165, 1.54) is 6.07 Å². The third-order valence-electron chi connectivity index (χ3n) is 4.21. The number of rotatable bonds is 3. The van der Waals surface area contributed by atoms with Crippen LogP contribution in [-0.2, 0) is 24.2 Å². The summed E-state index contributed by atoms with van der Waals surface area (Å²) in [4.78, 5) is 37.7. The van der Waals surface area contributed by atoms with Crippen molar-refractivity contribution in [3.63, 3.8) is 0 Å². The van der Waals surface area contributed by atoms with Gasteiger partial charge in [-0.1, -0.05) is 0 Å². The van der Waals surface area contributed by atoms with E-state index < -0.39 is 60.7 Å². The van der Waals surface area contributed by atoms with Crippen molar-refractivity contribution in [1.29, 1.82) is 0 Å². The Morgan fingerprint density at radius 2 is 1.65 bits per heavy atom. The molecular formula is C16H10F4IN3O6S. The molecule has 0 aliphatic heterocycles. The van der Waals surface area contributed by atoms with Crippen LogP contribution in [0.25, 0.3) is 16.7 Å². The maximum atomic E-state index is 14.6. The lowest BCUT2D eigenvalue weighted by Crippen LogP contribution is -2.40. The lowest BCUT2D eigenvalue weighted by Gasteiger charge is -2.17. The van der Waals surface area contributed by atoms with Gasteiger partial charge in [-0.15, -0.1) is 0 Å². The number of hydrogen-bond donors (Lipinski definition) is 0. The minimum absolute atomic E-state index is 0.353. The molecule has 0 saturated heterocycles. The van der Waals surface area contributed by atoms with Gasteiger partial charge in [-0.05, 0) is 40.8 Å². The zero-order chi connectivity index (χ0) is 23.5. The summed E-state index contributed by atoms with van der Waals surface area (Å²) in [5, 5.41) is -0.852. The van der Waals surface area contributed by atoms with Crippen molar-refractivity contribution >= 4 is 43.7 Å². The van der Waals surface area contributed by atoms with Crippen molar-refractivity contribution in [2.24, 2.45) is 14.1 Å². The monoisotopic (exact) mass is 575 g/mol. The molecule has 0 bridgehead atoms. The summed E-state index contributed by atoms with van der Waals surface area (Å²) < 4.78 is 82.1. The van der Waals surface area contributed by atoms with Gasteiger partial charge in [-0.2, -0.15) is 21.6 Å². The van der Waals surface area contributed by atoms with E-state index in [-0.39, 0.29) is 0 Å². The Labute approximate surface area is 183 Å². The predicted molar refractivity (Wildman–Crippen MR) is 108 cm³/mol. The zero-order valence-corrected chi connectivity index (χ0v) is 18.4. The zero-order valence-electron chi connectivity index (χ0n) is 15.4. The fourth-order valence-electron chi connectivity index (χ4n) is 2.73. The second-order valence-electron chi connectivity index (χ2n) is 6.17. The van der Waals surface area contributed by atoms with Gasteiger partial charge >= 0.3 is 21.3 Å². The van der Waals surface area contributed by atoms with Crippen molar-refractivity contribution in [3.8, 4) is 11.4 Å². The van der Waals surface area contributed by atoms with Gasteiger partial charge in [0.15, 0.2) is 5.75 Å². The third-order valence-corrected chi connectivity index (χ3v) is 5.85. The number of pyridine rings is 1. The molecule has 0 N–H and O–H groups in total. The molecule has 0 aliphatic carbocycles. The Morgan fingerprint density at radius 1 is 1.03 bits per heavy atom. The molecule has 0 atom stereocenters. The molecule has 15 heteroatoms. The fourth-order valence-corrected chi connectivity index (χ4v) is 3.65. The summed E-state index contributed by atoms with van der Waals surface area (Å²) in [7, 11) is -4.26. The van der Waals surface area contributed by atoms with Crippen LogP contribution in [-0.4, -0.2) is 27.6 Å². The average molecular weight is 575 g/mol. The van der Waals surface area contributed by atoms with Crippen molar-refractivity contribution in [1.82, 2.24) is 13.7 Å². The predicted octanol–water partition coefficient (Wildman–Crippen LogP) is 1.36. The van der Waals surface area contributed by atoms with Gasteiger partial charge in [0.1, 0.15) is 16.9 Å². The number of aryl methyl sites for hydroxylation is 1. The standard InChI is InChI=1S/C16H10F4IN3O6S/c1-22-11(25)6-10(30-31(28,29)16(18,19)20)12-13(22)24(15(27)23(2)14(12)26)9-4-3-7(21)5-8(9)17/h3-6H,1-2H3. The number of nitrogens with zero attached hydrogens (tertiary/aromatic N) is 3. The smallest absolute Gasteiger partial charge is 0.375 e. The van der Waals surface area contributed by atoms with Crippen LogP contribution in [0.3, 0.4) is 0 Å². The fraction of sp³-hybridized carbons (Fsp3) is 0.188. The minimum atomic E-state index is -6.26. The van der Waals surface area contributed by atoms with Gasteiger partial charge in [0.2, 0.25) is 0 Å². The van der Waals surface area contributed by atoms with E-state index in [2.05, 4.69) is 4.18 Å². The average Bonchev–Trinajstić information content (AvgIpc) is 2.63. The molecule has 2 heterocycles. The van der Waals surface area contributed by atoms with Gasteiger partial charge in [-0.25, -0.2) is 13.8 Å². The summed E-state index contributed by atoms with van der Waals surface area (Å²) in [5.74, 6) is -2.20.